The van der Waals surface area contributed by atoms with Crippen LogP contribution in [0.4, 0.5) is 0 Å². The first kappa shape index (κ1) is 24.2. The number of likely N-dealkylation sites (tertiary alicyclic amines) is 2. The Labute approximate surface area is 207 Å². The largest absolute Gasteiger partial charge is 0.383 e. The highest BCUT2D eigenvalue weighted by atomic mass is 16.5. The number of carbonyl (C=O) groups is 2. The van der Waals surface area contributed by atoms with Crippen molar-refractivity contribution in [2.45, 2.75) is 62.8 Å². The van der Waals surface area contributed by atoms with Gasteiger partial charge in [-0.05, 0) is 44.9 Å². The molecule has 0 radical (unpaired) electrons. The maximum absolute atomic E-state index is 13.2. The fourth-order valence-corrected chi connectivity index (χ4v) is 6.31. The molecule has 0 saturated carbocycles. The molecule has 0 bridgehead atoms. The third-order valence-electron chi connectivity index (χ3n) is 8.32. The SMILES string of the molecule is COC[C@H]1CCCN1C(=O)CC[C@H]1CNC(=O)[C@@H]2[C@H](CCN2Cc2nc3ccccc3n2C)N1C. The lowest BCUT2D eigenvalue weighted by atomic mass is 10.0. The second kappa shape index (κ2) is 10.2. The average Bonchev–Trinajstić information content (AvgIpc) is 3.55. The molecule has 35 heavy (non-hydrogen) atoms. The minimum absolute atomic E-state index is 0.0895. The number of aryl methyl sites for hydroxylation is 1. The van der Waals surface area contributed by atoms with E-state index in [2.05, 4.69) is 32.8 Å². The molecule has 2 aromatic rings. The number of aromatic nitrogens is 2. The van der Waals surface area contributed by atoms with Crippen molar-refractivity contribution in [3.63, 3.8) is 0 Å². The van der Waals surface area contributed by atoms with Crippen LogP contribution >= 0.6 is 0 Å². The molecule has 0 aliphatic carbocycles. The van der Waals surface area contributed by atoms with E-state index in [0.29, 0.717) is 26.1 Å². The molecule has 3 saturated heterocycles. The molecule has 1 aromatic carbocycles. The number of ether oxygens (including phenoxy) is 1. The average molecular weight is 483 g/mol. The Morgan fingerprint density at radius 3 is 2.80 bits per heavy atom. The van der Waals surface area contributed by atoms with E-state index in [1.165, 1.54) is 0 Å². The summed E-state index contributed by atoms with van der Waals surface area (Å²) in [5.41, 5.74) is 2.09. The van der Waals surface area contributed by atoms with Crippen LogP contribution in [0.5, 0.6) is 0 Å². The number of carbonyl (C=O) groups excluding carboxylic acids is 2. The van der Waals surface area contributed by atoms with Gasteiger partial charge in [0.15, 0.2) is 0 Å². The fraction of sp³-hybridized carbons (Fsp3) is 0.654. The zero-order valence-electron chi connectivity index (χ0n) is 21.2. The molecule has 4 atom stereocenters. The van der Waals surface area contributed by atoms with Crippen LogP contribution in [0.15, 0.2) is 24.3 Å². The monoisotopic (exact) mass is 482 g/mol. The predicted octanol–water partition coefficient (Wildman–Crippen LogP) is 1.36. The minimum Gasteiger partial charge on any atom is -0.383 e. The molecule has 190 valence electrons. The van der Waals surface area contributed by atoms with Gasteiger partial charge >= 0.3 is 0 Å². The van der Waals surface area contributed by atoms with Crippen molar-refractivity contribution in [1.29, 1.82) is 0 Å². The van der Waals surface area contributed by atoms with E-state index >= 15 is 0 Å². The van der Waals surface area contributed by atoms with E-state index in [0.717, 1.165) is 55.6 Å². The van der Waals surface area contributed by atoms with Crippen molar-refractivity contribution in [2.75, 3.05) is 40.4 Å². The van der Waals surface area contributed by atoms with Crippen molar-refractivity contribution >= 4 is 22.8 Å². The highest BCUT2D eigenvalue weighted by Crippen LogP contribution is 2.29. The summed E-state index contributed by atoms with van der Waals surface area (Å²) < 4.78 is 7.44. The van der Waals surface area contributed by atoms with Crippen molar-refractivity contribution in [3.8, 4) is 0 Å². The second-order valence-corrected chi connectivity index (χ2v) is 10.3. The lowest BCUT2D eigenvalue weighted by Gasteiger charge is -2.33. The van der Waals surface area contributed by atoms with Crippen LogP contribution < -0.4 is 5.32 Å². The summed E-state index contributed by atoms with van der Waals surface area (Å²) in [4.78, 5) is 37.6. The Hall–Kier alpha value is -2.49. The molecule has 2 amide bonds. The molecule has 1 N–H and O–H groups in total. The van der Waals surface area contributed by atoms with Gasteiger partial charge in [-0.3, -0.25) is 19.4 Å². The molecule has 3 aliphatic heterocycles. The standard InChI is InChI=1S/C26H38N6O3/c1-29-18(10-11-24(33)32-13-6-7-19(32)17-35-3)15-27-26(34)25-22(29)12-14-31(25)16-23-28-20-8-4-5-9-21(20)30(23)2/h4-5,8-9,18-19,22,25H,6-7,10-17H2,1-3H3,(H,27,34)/t18-,19+,22-,25-/m0/s1. The van der Waals surface area contributed by atoms with Crippen molar-refractivity contribution in [3.05, 3.63) is 30.1 Å². The van der Waals surface area contributed by atoms with Crippen molar-refractivity contribution in [2.24, 2.45) is 7.05 Å². The second-order valence-electron chi connectivity index (χ2n) is 10.3. The van der Waals surface area contributed by atoms with Crippen LogP contribution in [0, 0.1) is 0 Å². The molecule has 3 fully saturated rings. The number of fused-ring (bicyclic) bond motifs is 2. The van der Waals surface area contributed by atoms with Crippen LogP contribution in [-0.2, 0) is 27.9 Å². The van der Waals surface area contributed by atoms with Crippen molar-refractivity contribution in [1.82, 2.24) is 29.6 Å². The summed E-state index contributed by atoms with van der Waals surface area (Å²) >= 11 is 0. The number of rotatable bonds is 7. The van der Waals surface area contributed by atoms with Gasteiger partial charge in [0.2, 0.25) is 11.8 Å². The van der Waals surface area contributed by atoms with Gasteiger partial charge in [-0.25, -0.2) is 4.98 Å². The Kier molecular flexibility index (Phi) is 7.09. The lowest BCUT2D eigenvalue weighted by molar-refractivity contribution is -0.133. The highest BCUT2D eigenvalue weighted by Gasteiger charge is 2.45. The topological polar surface area (TPSA) is 82.9 Å². The number of imidazole rings is 1. The van der Waals surface area contributed by atoms with E-state index in [-0.39, 0.29) is 36.0 Å². The number of hydrogen-bond donors (Lipinski definition) is 1. The highest BCUT2D eigenvalue weighted by molar-refractivity contribution is 5.83. The Balaban J connectivity index is 1.24. The van der Waals surface area contributed by atoms with Gasteiger partial charge in [0.1, 0.15) is 11.9 Å². The van der Waals surface area contributed by atoms with Gasteiger partial charge in [-0.2, -0.15) is 0 Å². The quantitative estimate of drug-likeness (QED) is 0.642. The summed E-state index contributed by atoms with van der Waals surface area (Å²) in [5.74, 6) is 1.27. The fourth-order valence-electron chi connectivity index (χ4n) is 6.31. The molecular formula is C26H38N6O3. The van der Waals surface area contributed by atoms with Crippen LogP contribution in [-0.4, -0.2) is 101 Å². The summed E-state index contributed by atoms with van der Waals surface area (Å²) in [7, 11) is 5.86. The molecule has 9 heteroatoms. The first-order valence-corrected chi connectivity index (χ1v) is 12.9. The van der Waals surface area contributed by atoms with Gasteiger partial charge in [0, 0.05) is 52.3 Å². The summed E-state index contributed by atoms with van der Waals surface area (Å²) in [6, 6.07) is 8.43. The maximum Gasteiger partial charge on any atom is 0.239 e. The molecule has 3 aliphatic rings. The summed E-state index contributed by atoms with van der Waals surface area (Å²) in [5, 5.41) is 3.18. The van der Waals surface area contributed by atoms with Gasteiger partial charge in [0.05, 0.1) is 30.2 Å². The van der Waals surface area contributed by atoms with E-state index < -0.39 is 0 Å². The molecule has 0 spiro atoms. The molecule has 1 aromatic heterocycles. The van der Waals surface area contributed by atoms with Crippen LogP contribution in [0.25, 0.3) is 11.0 Å². The van der Waals surface area contributed by atoms with Gasteiger partial charge in [0.25, 0.3) is 0 Å². The van der Waals surface area contributed by atoms with Crippen molar-refractivity contribution < 1.29 is 14.3 Å². The Morgan fingerprint density at radius 2 is 2.00 bits per heavy atom. The number of likely N-dealkylation sites (N-methyl/N-ethyl adjacent to an activating group) is 1. The van der Waals surface area contributed by atoms with Gasteiger partial charge in [-0.1, -0.05) is 12.1 Å². The van der Waals surface area contributed by atoms with Gasteiger partial charge < -0.3 is 19.5 Å². The number of benzene rings is 1. The van der Waals surface area contributed by atoms with Crippen LogP contribution in [0.2, 0.25) is 0 Å². The number of para-hydroxylation sites is 2. The predicted molar refractivity (Wildman–Crippen MR) is 134 cm³/mol. The summed E-state index contributed by atoms with van der Waals surface area (Å²) in [6.07, 6.45) is 4.26. The van der Waals surface area contributed by atoms with Crippen LogP contribution in [0.1, 0.15) is 37.9 Å². The third kappa shape index (κ3) is 4.69. The zero-order valence-corrected chi connectivity index (χ0v) is 21.2. The first-order valence-electron chi connectivity index (χ1n) is 12.9. The molecule has 0 unspecified atom stereocenters. The molecule has 5 rings (SSSR count). The zero-order chi connectivity index (χ0) is 24.5. The number of hydrogen-bond acceptors (Lipinski definition) is 6. The summed E-state index contributed by atoms with van der Waals surface area (Å²) in [6.45, 7) is 3.51. The van der Waals surface area contributed by atoms with E-state index in [1.54, 1.807) is 7.11 Å². The lowest BCUT2D eigenvalue weighted by Crippen LogP contribution is -2.49. The molecule has 9 nitrogen and oxygen atoms in total. The number of nitrogens with zero attached hydrogens (tertiary/aromatic N) is 5. The Bertz CT molecular complexity index is 1070. The Morgan fingerprint density at radius 1 is 1.17 bits per heavy atom. The van der Waals surface area contributed by atoms with Gasteiger partial charge in [-0.15, -0.1) is 0 Å². The number of nitrogens with one attached hydrogen (secondary N) is 1. The number of methoxy groups -OCH3 is 1. The van der Waals surface area contributed by atoms with Crippen LogP contribution in [0.3, 0.4) is 0 Å². The van der Waals surface area contributed by atoms with E-state index in [9.17, 15) is 9.59 Å². The van der Waals surface area contributed by atoms with E-state index in [1.807, 2.05) is 30.1 Å². The smallest absolute Gasteiger partial charge is 0.239 e. The minimum atomic E-state index is -0.204. The normalized spacial score (nSPS) is 27.9. The van der Waals surface area contributed by atoms with E-state index in [4.69, 9.17) is 9.72 Å². The third-order valence-corrected chi connectivity index (χ3v) is 8.32. The maximum atomic E-state index is 13.2. The molecular weight excluding hydrogens is 444 g/mol. The first-order chi connectivity index (χ1) is 17.0. The molecule has 4 heterocycles. The number of amides is 2.